The summed E-state index contributed by atoms with van der Waals surface area (Å²) in [5, 5.41) is 7.55. The summed E-state index contributed by atoms with van der Waals surface area (Å²) >= 11 is 0. The summed E-state index contributed by atoms with van der Waals surface area (Å²) < 4.78 is 10.9. The third-order valence-corrected chi connectivity index (χ3v) is 4.53. The molecule has 0 aliphatic carbocycles. The second-order valence-electron chi connectivity index (χ2n) is 6.24. The Hall–Kier alpha value is -1.56. The number of nitrogens with zero attached hydrogens (tertiary/aromatic N) is 3. The standard InChI is InChI=1S/C17H30N4O2/c1-5-14(6-2)16-9-15(23-20-16)10-19-17(18-3)21(4)11-13-7-8-22-12-13/h9,13-14H,5-8,10-12H2,1-4H3,(H,18,19). The highest BCUT2D eigenvalue weighted by Crippen LogP contribution is 2.22. The molecule has 1 aliphatic heterocycles. The van der Waals surface area contributed by atoms with E-state index in [1.165, 1.54) is 0 Å². The van der Waals surface area contributed by atoms with Crippen molar-refractivity contribution in [2.45, 2.75) is 45.6 Å². The first kappa shape index (κ1) is 17.8. The van der Waals surface area contributed by atoms with Crippen LogP contribution in [0.15, 0.2) is 15.6 Å². The molecule has 1 aromatic heterocycles. The van der Waals surface area contributed by atoms with Crippen molar-refractivity contribution in [2.24, 2.45) is 10.9 Å². The Morgan fingerprint density at radius 2 is 2.26 bits per heavy atom. The monoisotopic (exact) mass is 322 g/mol. The molecule has 1 fully saturated rings. The highest BCUT2D eigenvalue weighted by atomic mass is 16.5. The van der Waals surface area contributed by atoms with Crippen LogP contribution >= 0.6 is 0 Å². The van der Waals surface area contributed by atoms with Crippen molar-refractivity contribution in [2.75, 3.05) is 33.9 Å². The molecule has 1 unspecified atom stereocenters. The molecule has 1 saturated heterocycles. The lowest BCUT2D eigenvalue weighted by Crippen LogP contribution is -2.41. The smallest absolute Gasteiger partial charge is 0.193 e. The van der Waals surface area contributed by atoms with Crippen LogP contribution in [0.25, 0.3) is 0 Å². The van der Waals surface area contributed by atoms with Crippen LogP contribution in [0.5, 0.6) is 0 Å². The first-order valence-electron chi connectivity index (χ1n) is 8.62. The van der Waals surface area contributed by atoms with Gasteiger partial charge < -0.3 is 19.5 Å². The van der Waals surface area contributed by atoms with E-state index in [2.05, 4.69) is 47.3 Å². The SMILES string of the molecule is CCC(CC)c1cc(CNC(=NC)N(C)CC2CCOC2)on1. The van der Waals surface area contributed by atoms with Gasteiger partial charge in [-0.2, -0.15) is 0 Å². The van der Waals surface area contributed by atoms with Crippen LogP contribution in [-0.4, -0.2) is 49.9 Å². The van der Waals surface area contributed by atoms with Crippen molar-refractivity contribution in [3.8, 4) is 0 Å². The van der Waals surface area contributed by atoms with E-state index in [4.69, 9.17) is 9.26 Å². The zero-order chi connectivity index (χ0) is 16.7. The van der Waals surface area contributed by atoms with Gasteiger partial charge in [0.15, 0.2) is 11.7 Å². The Morgan fingerprint density at radius 1 is 1.48 bits per heavy atom. The summed E-state index contributed by atoms with van der Waals surface area (Å²) in [4.78, 5) is 6.50. The zero-order valence-electron chi connectivity index (χ0n) is 14.8. The second kappa shape index (κ2) is 8.91. The zero-order valence-corrected chi connectivity index (χ0v) is 14.8. The van der Waals surface area contributed by atoms with E-state index in [0.717, 1.165) is 56.4 Å². The van der Waals surface area contributed by atoms with Gasteiger partial charge in [0, 0.05) is 45.1 Å². The molecule has 1 N–H and O–H groups in total. The van der Waals surface area contributed by atoms with Crippen molar-refractivity contribution in [1.82, 2.24) is 15.4 Å². The second-order valence-corrected chi connectivity index (χ2v) is 6.24. The first-order chi connectivity index (χ1) is 11.2. The first-order valence-corrected chi connectivity index (χ1v) is 8.62. The molecule has 130 valence electrons. The maximum Gasteiger partial charge on any atom is 0.193 e. The molecule has 0 aromatic carbocycles. The Labute approximate surface area is 139 Å². The van der Waals surface area contributed by atoms with E-state index in [9.17, 15) is 0 Å². The number of nitrogens with one attached hydrogen (secondary N) is 1. The highest BCUT2D eigenvalue weighted by molar-refractivity contribution is 5.79. The van der Waals surface area contributed by atoms with Crippen molar-refractivity contribution < 1.29 is 9.26 Å². The largest absolute Gasteiger partial charge is 0.381 e. The van der Waals surface area contributed by atoms with E-state index >= 15 is 0 Å². The van der Waals surface area contributed by atoms with E-state index in [0.29, 0.717) is 18.4 Å². The van der Waals surface area contributed by atoms with Gasteiger partial charge in [-0.15, -0.1) is 0 Å². The van der Waals surface area contributed by atoms with Crippen LogP contribution in [0.3, 0.4) is 0 Å². The van der Waals surface area contributed by atoms with Gasteiger partial charge >= 0.3 is 0 Å². The topological polar surface area (TPSA) is 62.9 Å². The molecule has 0 radical (unpaired) electrons. The third-order valence-electron chi connectivity index (χ3n) is 4.53. The average Bonchev–Trinajstić information content (AvgIpc) is 3.21. The van der Waals surface area contributed by atoms with Crippen LogP contribution in [0.1, 0.15) is 50.5 Å². The fourth-order valence-corrected chi connectivity index (χ4v) is 3.06. The summed E-state index contributed by atoms with van der Waals surface area (Å²) in [6.07, 6.45) is 3.30. The van der Waals surface area contributed by atoms with E-state index in [1.807, 2.05) is 0 Å². The maximum atomic E-state index is 5.45. The van der Waals surface area contributed by atoms with Crippen molar-refractivity contribution >= 4 is 5.96 Å². The van der Waals surface area contributed by atoms with Gasteiger partial charge in [0.25, 0.3) is 0 Å². The van der Waals surface area contributed by atoms with Crippen LogP contribution < -0.4 is 5.32 Å². The fraction of sp³-hybridized carbons (Fsp3) is 0.765. The summed E-state index contributed by atoms with van der Waals surface area (Å²) in [7, 11) is 3.86. The molecule has 1 aliphatic rings. The average molecular weight is 322 g/mol. The number of rotatable bonds is 7. The van der Waals surface area contributed by atoms with Crippen molar-refractivity contribution in [3.63, 3.8) is 0 Å². The van der Waals surface area contributed by atoms with Gasteiger partial charge in [-0.1, -0.05) is 19.0 Å². The maximum absolute atomic E-state index is 5.45. The number of hydrogen-bond donors (Lipinski definition) is 1. The number of guanidine groups is 1. The molecule has 1 aromatic rings. The lowest BCUT2D eigenvalue weighted by atomic mass is 9.99. The van der Waals surface area contributed by atoms with E-state index in [-0.39, 0.29) is 0 Å². The minimum Gasteiger partial charge on any atom is -0.381 e. The molecule has 1 atom stereocenters. The van der Waals surface area contributed by atoms with Gasteiger partial charge in [0.2, 0.25) is 0 Å². The number of hydrogen-bond acceptors (Lipinski definition) is 4. The van der Waals surface area contributed by atoms with Gasteiger partial charge in [-0.3, -0.25) is 4.99 Å². The summed E-state index contributed by atoms with van der Waals surface area (Å²) in [5.74, 6) is 2.80. The Bertz CT molecular complexity index is 491. The normalized spacial score (nSPS) is 18.7. The fourth-order valence-electron chi connectivity index (χ4n) is 3.06. The predicted octanol–water partition coefficient (Wildman–Crippen LogP) is 2.62. The van der Waals surface area contributed by atoms with Gasteiger partial charge in [-0.05, 0) is 19.3 Å². The van der Waals surface area contributed by atoms with Gasteiger partial charge in [0.1, 0.15) is 0 Å². The Balaban J connectivity index is 1.85. The summed E-state index contributed by atoms with van der Waals surface area (Å²) in [6, 6.07) is 2.06. The predicted molar refractivity (Wildman–Crippen MR) is 91.6 cm³/mol. The van der Waals surface area contributed by atoms with E-state index < -0.39 is 0 Å². The highest BCUT2D eigenvalue weighted by Gasteiger charge is 2.19. The van der Waals surface area contributed by atoms with Crippen LogP contribution in [0, 0.1) is 5.92 Å². The molecule has 2 heterocycles. The molecular formula is C17H30N4O2. The molecule has 0 spiro atoms. The molecule has 6 nitrogen and oxygen atoms in total. The van der Waals surface area contributed by atoms with Gasteiger partial charge in [0.05, 0.1) is 18.8 Å². The lowest BCUT2D eigenvalue weighted by molar-refractivity contribution is 0.181. The van der Waals surface area contributed by atoms with Crippen LogP contribution in [0.4, 0.5) is 0 Å². The molecular weight excluding hydrogens is 292 g/mol. The number of aliphatic imine (C=N–C) groups is 1. The molecule has 6 heteroatoms. The summed E-state index contributed by atoms with van der Waals surface area (Å²) in [6.45, 7) is 7.65. The van der Waals surface area contributed by atoms with Crippen LogP contribution in [0.2, 0.25) is 0 Å². The minimum absolute atomic E-state index is 0.483. The van der Waals surface area contributed by atoms with E-state index in [1.54, 1.807) is 7.05 Å². The Morgan fingerprint density at radius 3 is 2.87 bits per heavy atom. The molecule has 2 rings (SSSR count). The lowest BCUT2D eigenvalue weighted by Gasteiger charge is -2.24. The molecule has 0 saturated carbocycles. The van der Waals surface area contributed by atoms with Crippen molar-refractivity contribution in [3.05, 3.63) is 17.5 Å². The Kier molecular flexibility index (Phi) is 6.89. The number of aromatic nitrogens is 1. The molecule has 0 amide bonds. The van der Waals surface area contributed by atoms with Crippen LogP contribution in [-0.2, 0) is 11.3 Å². The molecule has 0 bridgehead atoms. The third kappa shape index (κ3) is 4.96. The quantitative estimate of drug-likeness (QED) is 0.617. The van der Waals surface area contributed by atoms with Crippen molar-refractivity contribution in [1.29, 1.82) is 0 Å². The minimum atomic E-state index is 0.483. The van der Waals surface area contributed by atoms with Gasteiger partial charge in [-0.25, -0.2) is 0 Å². The summed E-state index contributed by atoms with van der Waals surface area (Å²) in [5.41, 5.74) is 1.05. The molecule has 23 heavy (non-hydrogen) atoms. The number of ether oxygens (including phenoxy) is 1.